The van der Waals surface area contributed by atoms with Gasteiger partial charge < -0.3 is 14.6 Å². The lowest BCUT2D eigenvalue weighted by Gasteiger charge is -2.05. The molecule has 2 fully saturated rings. The molecule has 2 rings (SSSR count). The second-order valence-electron chi connectivity index (χ2n) is 2.58. The zero-order chi connectivity index (χ0) is 8.01. The van der Waals surface area contributed by atoms with Crippen molar-refractivity contribution >= 4 is 11.9 Å². The van der Waals surface area contributed by atoms with E-state index in [0.717, 1.165) is 0 Å². The number of aliphatic hydroxyl groups excluding tert-OH is 1. The first-order chi connectivity index (χ1) is 5.18. The monoisotopic (exact) mass is 158 g/mol. The summed E-state index contributed by atoms with van der Waals surface area (Å²) in [5.41, 5.74) is 0. The summed E-state index contributed by atoms with van der Waals surface area (Å²) in [6, 6.07) is 0. The standard InChI is InChI=1S/C6H6O5/c7-3-1-2-5(11-3)4(8)6(9)10-2/h2,4-5,8H,1H2/t2-,4+,5?/m1/s1. The van der Waals surface area contributed by atoms with Crippen LogP contribution in [0.1, 0.15) is 6.42 Å². The molecule has 0 aromatic rings. The number of carbonyl (C=O) groups is 2. The van der Waals surface area contributed by atoms with Gasteiger partial charge in [-0.25, -0.2) is 4.79 Å². The summed E-state index contributed by atoms with van der Waals surface area (Å²) in [5.74, 6) is -1.13. The summed E-state index contributed by atoms with van der Waals surface area (Å²) < 4.78 is 9.27. The summed E-state index contributed by atoms with van der Waals surface area (Å²) in [6.45, 7) is 0. The van der Waals surface area contributed by atoms with Crippen LogP contribution in [-0.2, 0) is 19.1 Å². The van der Waals surface area contributed by atoms with E-state index >= 15 is 0 Å². The van der Waals surface area contributed by atoms with Crippen molar-refractivity contribution in [2.45, 2.75) is 24.7 Å². The van der Waals surface area contributed by atoms with Gasteiger partial charge in [-0.2, -0.15) is 0 Å². The van der Waals surface area contributed by atoms with Crippen LogP contribution in [0.3, 0.4) is 0 Å². The first-order valence-corrected chi connectivity index (χ1v) is 3.26. The molecule has 3 atom stereocenters. The number of fused-ring (bicyclic) bond motifs is 1. The van der Waals surface area contributed by atoms with Crippen LogP contribution in [0.2, 0.25) is 0 Å². The van der Waals surface area contributed by atoms with E-state index < -0.39 is 30.3 Å². The third-order valence-electron chi connectivity index (χ3n) is 1.82. The second kappa shape index (κ2) is 1.94. The average molecular weight is 158 g/mol. The van der Waals surface area contributed by atoms with Gasteiger partial charge in [-0.15, -0.1) is 0 Å². The molecule has 0 spiro atoms. The zero-order valence-corrected chi connectivity index (χ0v) is 5.52. The van der Waals surface area contributed by atoms with E-state index in [4.69, 9.17) is 5.11 Å². The Bertz CT molecular complexity index is 223. The highest BCUT2D eigenvalue weighted by Crippen LogP contribution is 2.27. The van der Waals surface area contributed by atoms with Crippen LogP contribution in [0.5, 0.6) is 0 Å². The summed E-state index contributed by atoms with van der Waals surface area (Å²) in [6.07, 6.45) is -2.56. The van der Waals surface area contributed by atoms with Crippen LogP contribution < -0.4 is 0 Å². The van der Waals surface area contributed by atoms with Crippen molar-refractivity contribution in [2.75, 3.05) is 0 Å². The lowest BCUT2D eigenvalue weighted by atomic mass is 10.1. The summed E-state index contributed by atoms with van der Waals surface area (Å²) in [4.78, 5) is 21.2. The molecule has 5 heteroatoms. The van der Waals surface area contributed by atoms with Crippen LogP contribution >= 0.6 is 0 Å². The van der Waals surface area contributed by atoms with E-state index in [1.165, 1.54) is 0 Å². The Morgan fingerprint density at radius 3 is 2.73 bits per heavy atom. The average Bonchev–Trinajstić information content (AvgIpc) is 2.37. The van der Waals surface area contributed by atoms with Crippen LogP contribution in [0.4, 0.5) is 0 Å². The highest BCUT2D eigenvalue weighted by atomic mass is 16.6. The minimum atomic E-state index is -1.29. The molecule has 2 aliphatic rings. The molecule has 1 unspecified atom stereocenters. The Morgan fingerprint density at radius 1 is 1.36 bits per heavy atom. The molecule has 2 heterocycles. The van der Waals surface area contributed by atoms with Crippen molar-refractivity contribution in [1.82, 2.24) is 0 Å². The third kappa shape index (κ3) is 0.808. The Labute approximate surface area is 61.9 Å². The Balaban J connectivity index is 2.19. The summed E-state index contributed by atoms with van der Waals surface area (Å²) in [5, 5.41) is 9.03. The molecule has 0 bridgehead atoms. The zero-order valence-electron chi connectivity index (χ0n) is 5.52. The van der Waals surface area contributed by atoms with Crippen LogP contribution in [-0.4, -0.2) is 35.4 Å². The van der Waals surface area contributed by atoms with Crippen LogP contribution in [0.15, 0.2) is 0 Å². The van der Waals surface area contributed by atoms with Crippen molar-refractivity contribution in [3.63, 3.8) is 0 Å². The Hall–Kier alpha value is -1.10. The minimum absolute atomic E-state index is 0.0630. The first kappa shape index (κ1) is 6.60. The number of carbonyl (C=O) groups excluding carboxylic acids is 2. The lowest BCUT2D eigenvalue weighted by Crippen LogP contribution is -2.29. The van der Waals surface area contributed by atoms with Gasteiger partial charge in [0.2, 0.25) is 0 Å². The first-order valence-electron chi connectivity index (χ1n) is 3.26. The van der Waals surface area contributed by atoms with Gasteiger partial charge in [0.05, 0.1) is 6.42 Å². The fourth-order valence-electron chi connectivity index (χ4n) is 1.29. The van der Waals surface area contributed by atoms with E-state index in [0.29, 0.717) is 0 Å². The molecule has 0 amide bonds. The molecule has 60 valence electrons. The van der Waals surface area contributed by atoms with E-state index in [1.807, 2.05) is 0 Å². The Morgan fingerprint density at radius 2 is 2.09 bits per heavy atom. The maximum absolute atomic E-state index is 10.6. The highest BCUT2D eigenvalue weighted by Gasteiger charge is 2.51. The number of ether oxygens (including phenoxy) is 2. The Kier molecular flexibility index (Phi) is 1.17. The van der Waals surface area contributed by atoms with E-state index in [9.17, 15) is 9.59 Å². The fourth-order valence-corrected chi connectivity index (χ4v) is 1.29. The van der Waals surface area contributed by atoms with E-state index in [-0.39, 0.29) is 6.42 Å². The summed E-state index contributed by atoms with van der Waals surface area (Å²) in [7, 11) is 0. The largest absolute Gasteiger partial charge is 0.456 e. The van der Waals surface area contributed by atoms with Gasteiger partial charge in [-0.3, -0.25) is 4.79 Å². The van der Waals surface area contributed by atoms with E-state index in [1.54, 1.807) is 0 Å². The molecular weight excluding hydrogens is 152 g/mol. The second-order valence-corrected chi connectivity index (χ2v) is 2.58. The van der Waals surface area contributed by atoms with Crippen LogP contribution in [0, 0.1) is 0 Å². The normalized spacial score (nSPS) is 41.7. The summed E-state index contributed by atoms with van der Waals surface area (Å²) >= 11 is 0. The van der Waals surface area contributed by atoms with Crippen LogP contribution in [0.25, 0.3) is 0 Å². The van der Waals surface area contributed by atoms with Crippen molar-refractivity contribution in [1.29, 1.82) is 0 Å². The molecule has 0 aromatic carbocycles. The highest BCUT2D eigenvalue weighted by molar-refractivity contribution is 5.82. The number of hydrogen-bond acceptors (Lipinski definition) is 5. The topological polar surface area (TPSA) is 72.8 Å². The number of rotatable bonds is 0. The quantitative estimate of drug-likeness (QED) is 0.438. The van der Waals surface area contributed by atoms with Gasteiger partial charge in [-0.1, -0.05) is 0 Å². The predicted octanol–water partition coefficient (Wildman–Crippen LogP) is -1.41. The molecule has 5 nitrogen and oxygen atoms in total. The molecule has 0 radical (unpaired) electrons. The van der Waals surface area contributed by atoms with E-state index in [2.05, 4.69) is 9.47 Å². The lowest BCUT2D eigenvalue weighted by molar-refractivity contribution is -0.152. The van der Waals surface area contributed by atoms with Gasteiger partial charge in [0.1, 0.15) is 0 Å². The predicted molar refractivity (Wildman–Crippen MR) is 30.4 cm³/mol. The fraction of sp³-hybridized carbons (Fsp3) is 0.667. The van der Waals surface area contributed by atoms with Gasteiger partial charge in [-0.05, 0) is 0 Å². The van der Waals surface area contributed by atoms with Gasteiger partial charge in [0.25, 0.3) is 0 Å². The molecule has 2 aliphatic heterocycles. The molecule has 0 saturated carbocycles. The minimum Gasteiger partial charge on any atom is -0.456 e. The van der Waals surface area contributed by atoms with Gasteiger partial charge in [0.15, 0.2) is 18.3 Å². The number of hydrogen-bond donors (Lipinski definition) is 1. The number of esters is 2. The van der Waals surface area contributed by atoms with Crippen molar-refractivity contribution in [3.05, 3.63) is 0 Å². The SMILES string of the molecule is O=C1C[C@H]2OC(=O)[C@@H](O)C2O1. The molecule has 2 saturated heterocycles. The molecular formula is C6H6O5. The van der Waals surface area contributed by atoms with Crippen molar-refractivity contribution in [2.24, 2.45) is 0 Å². The number of aliphatic hydroxyl groups is 1. The molecule has 1 N–H and O–H groups in total. The third-order valence-corrected chi connectivity index (χ3v) is 1.82. The van der Waals surface area contributed by atoms with Crippen molar-refractivity contribution in [3.8, 4) is 0 Å². The smallest absolute Gasteiger partial charge is 0.339 e. The molecule has 0 aromatic heterocycles. The maximum Gasteiger partial charge on any atom is 0.339 e. The van der Waals surface area contributed by atoms with Gasteiger partial charge >= 0.3 is 11.9 Å². The van der Waals surface area contributed by atoms with Gasteiger partial charge in [0, 0.05) is 0 Å². The maximum atomic E-state index is 10.6. The molecule has 0 aliphatic carbocycles. The molecule has 11 heavy (non-hydrogen) atoms. The van der Waals surface area contributed by atoms with Crippen molar-refractivity contribution < 1.29 is 24.2 Å².